The normalized spacial score (nSPS) is 10.5. The quantitative estimate of drug-likeness (QED) is 0.628. The Labute approximate surface area is 135 Å². The fourth-order valence-electron chi connectivity index (χ4n) is 2.75. The topological polar surface area (TPSA) is 24.1 Å². The van der Waals surface area contributed by atoms with Crippen LogP contribution in [0.1, 0.15) is 37.8 Å². The van der Waals surface area contributed by atoms with Gasteiger partial charge in [0.05, 0.1) is 0 Å². The Morgan fingerprint density at radius 3 is 1.45 bits per heavy atom. The third-order valence-electron chi connectivity index (χ3n) is 3.83. The summed E-state index contributed by atoms with van der Waals surface area (Å²) < 4.78 is 0. The number of aryl methyl sites for hydroxylation is 2. The second-order valence-corrected chi connectivity index (χ2v) is 5.67. The van der Waals surface area contributed by atoms with Crippen LogP contribution in [0.5, 0.6) is 0 Å². The van der Waals surface area contributed by atoms with E-state index in [0.717, 1.165) is 25.9 Å². The van der Waals surface area contributed by atoms with Crippen molar-refractivity contribution in [1.82, 2.24) is 0 Å². The molecule has 0 spiro atoms. The second-order valence-electron chi connectivity index (χ2n) is 5.67. The molecule has 22 heavy (non-hydrogen) atoms. The molecule has 0 saturated carbocycles. The summed E-state index contributed by atoms with van der Waals surface area (Å²) in [5.74, 6) is 0. The Balaban J connectivity index is 1.85. The molecular weight excluding hydrogens is 268 g/mol. The lowest BCUT2D eigenvalue weighted by molar-refractivity contribution is 0.915. The van der Waals surface area contributed by atoms with Gasteiger partial charge in [-0.05, 0) is 36.1 Å². The minimum atomic E-state index is 0.932. The van der Waals surface area contributed by atoms with Crippen LogP contribution < -0.4 is 10.6 Å². The first-order valence-electron chi connectivity index (χ1n) is 8.48. The fourth-order valence-corrected chi connectivity index (χ4v) is 2.75. The van der Waals surface area contributed by atoms with Gasteiger partial charge in [0.1, 0.15) is 0 Å². The summed E-state index contributed by atoms with van der Waals surface area (Å²) in [6, 6.07) is 17.2. The molecule has 0 aliphatic rings. The van der Waals surface area contributed by atoms with E-state index >= 15 is 0 Å². The highest BCUT2D eigenvalue weighted by Gasteiger charge is 2.01. The Hall–Kier alpha value is -1.96. The average Bonchev–Trinajstić information content (AvgIpc) is 2.55. The summed E-state index contributed by atoms with van der Waals surface area (Å²) in [5, 5.41) is 7.11. The van der Waals surface area contributed by atoms with E-state index in [-0.39, 0.29) is 0 Å². The molecule has 118 valence electrons. The van der Waals surface area contributed by atoms with Crippen LogP contribution in [-0.4, -0.2) is 13.1 Å². The summed E-state index contributed by atoms with van der Waals surface area (Å²) in [6.07, 6.45) is 4.63. The van der Waals surface area contributed by atoms with Crippen molar-refractivity contribution in [3.8, 4) is 0 Å². The Bertz CT molecular complexity index is 512. The molecule has 2 aromatic rings. The smallest absolute Gasteiger partial charge is 0.0373 e. The van der Waals surface area contributed by atoms with Crippen molar-refractivity contribution in [1.29, 1.82) is 0 Å². The fraction of sp³-hybridized carbons (Fsp3) is 0.400. The lowest BCUT2D eigenvalue weighted by Gasteiger charge is -2.14. The molecule has 0 aromatic heterocycles. The number of benzene rings is 2. The number of hydrogen-bond donors (Lipinski definition) is 2. The molecule has 2 heteroatoms. The molecule has 0 unspecified atom stereocenters. The van der Waals surface area contributed by atoms with Crippen LogP contribution in [0, 0.1) is 0 Å². The van der Waals surface area contributed by atoms with E-state index in [1.165, 1.54) is 35.3 Å². The van der Waals surface area contributed by atoms with Gasteiger partial charge in [-0.2, -0.15) is 0 Å². The van der Waals surface area contributed by atoms with Crippen molar-refractivity contribution >= 4 is 11.4 Å². The van der Waals surface area contributed by atoms with Crippen molar-refractivity contribution in [2.45, 2.75) is 39.5 Å². The molecule has 2 aromatic carbocycles. The molecule has 2 nitrogen and oxygen atoms in total. The number of rotatable bonds is 9. The van der Waals surface area contributed by atoms with Crippen LogP contribution in [0.4, 0.5) is 11.4 Å². The van der Waals surface area contributed by atoms with Crippen LogP contribution in [0.15, 0.2) is 48.5 Å². The SMILES string of the molecule is CCCc1ccccc1NCCNc1ccccc1CCC. The van der Waals surface area contributed by atoms with Crippen molar-refractivity contribution in [3.05, 3.63) is 59.7 Å². The van der Waals surface area contributed by atoms with E-state index in [0.29, 0.717) is 0 Å². The minimum absolute atomic E-state index is 0.932. The predicted octanol–water partition coefficient (Wildman–Crippen LogP) is 5.12. The van der Waals surface area contributed by atoms with Gasteiger partial charge >= 0.3 is 0 Å². The van der Waals surface area contributed by atoms with E-state index in [1.807, 2.05) is 0 Å². The number of para-hydroxylation sites is 2. The lowest BCUT2D eigenvalue weighted by atomic mass is 10.1. The highest BCUT2D eigenvalue weighted by atomic mass is 14.9. The third-order valence-corrected chi connectivity index (χ3v) is 3.83. The number of hydrogen-bond acceptors (Lipinski definition) is 2. The van der Waals surface area contributed by atoms with Gasteiger partial charge in [0, 0.05) is 24.5 Å². The Morgan fingerprint density at radius 1 is 0.636 bits per heavy atom. The average molecular weight is 296 g/mol. The molecule has 2 N–H and O–H groups in total. The predicted molar refractivity (Wildman–Crippen MR) is 97.9 cm³/mol. The molecule has 0 atom stereocenters. The van der Waals surface area contributed by atoms with E-state index in [2.05, 4.69) is 73.0 Å². The van der Waals surface area contributed by atoms with Crippen molar-refractivity contribution in [3.63, 3.8) is 0 Å². The number of anilines is 2. The van der Waals surface area contributed by atoms with Gasteiger partial charge in [0.15, 0.2) is 0 Å². The summed E-state index contributed by atoms with van der Waals surface area (Å²) in [7, 11) is 0. The zero-order valence-corrected chi connectivity index (χ0v) is 13.9. The molecule has 0 heterocycles. The molecule has 0 aliphatic carbocycles. The minimum Gasteiger partial charge on any atom is -0.383 e. The van der Waals surface area contributed by atoms with Crippen molar-refractivity contribution in [2.24, 2.45) is 0 Å². The molecule has 0 bridgehead atoms. The summed E-state index contributed by atoms with van der Waals surface area (Å²) in [5.41, 5.74) is 5.37. The lowest BCUT2D eigenvalue weighted by Crippen LogP contribution is -2.15. The largest absolute Gasteiger partial charge is 0.383 e. The Kier molecular flexibility index (Phi) is 6.82. The highest BCUT2D eigenvalue weighted by molar-refractivity contribution is 5.53. The van der Waals surface area contributed by atoms with E-state index < -0.39 is 0 Å². The summed E-state index contributed by atoms with van der Waals surface area (Å²) >= 11 is 0. The molecule has 0 amide bonds. The zero-order valence-electron chi connectivity index (χ0n) is 13.9. The van der Waals surface area contributed by atoms with Gasteiger partial charge in [0.2, 0.25) is 0 Å². The van der Waals surface area contributed by atoms with Crippen molar-refractivity contribution in [2.75, 3.05) is 23.7 Å². The van der Waals surface area contributed by atoms with Crippen LogP contribution in [0.25, 0.3) is 0 Å². The van der Waals surface area contributed by atoms with Crippen LogP contribution in [-0.2, 0) is 12.8 Å². The van der Waals surface area contributed by atoms with E-state index in [9.17, 15) is 0 Å². The van der Waals surface area contributed by atoms with Gasteiger partial charge in [-0.1, -0.05) is 63.1 Å². The maximum absolute atomic E-state index is 3.56. The molecule has 0 fully saturated rings. The summed E-state index contributed by atoms with van der Waals surface area (Å²) in [6.45, 7) is 6.31. The molecule has 0 radical (unpaired) electrons. The maximum Gasteiger partial charge on any atom is 0.0373 e. The van der Waals surface area contributed by atoms with Crippen LogP contribution >= 0.6 is 0 Å². The Morgan fingerprint density at radius 2 is 1.05 bits per heavy atom. The van der Waals surface area contributed by atoms with Gasteiger partial charge in [-0.25, -0.2) is 0 Å². The standard InChI is InChI=1S/C20H28N2/c1-3-9-17-11-5-7-13-19(17)21-15-16-22-20-14-8-6-12-18(20)10-4-2/h5-8,11-14,21-22H,3-4,9-10,15-16H2,1-2H3. The van der Waals surface area contributed by atoms with Crippen LogP contribution in [0.3, 0.4) is 0 Å². The molecule has 0 aliphatic heterocycles. The van der Waals surface area contributed by atoms with Gasteiger partial charge in [0.25, 0.3) is 0 Å². The van der Waals surface area contributed by atoms with Gasteiger partial charge in [-0.3, -0.25) is 0 Å². The molecule has 2 rings (SSSR count). The third kappa shape index (κ3) is 4.80. The number of nitrogens with one attached hydrogen (secondary N) is 2. The molecular formula is C20H28N2. The first kappa shape index (κ1) is 16.4. The summed E-state index contributed by atoms with van der Waals surface area (Å²) in [4.78, 5) is 0. The van der Waals surface area contributed by atoms with E-state index in [4.69, 9.17) is 0 Å². The van der Waals surface area contributed by atoms with Crippen molar-refractivity contribution < 1.29 is 0 Å². The highest BCUT2D eigenvalue weighted by Crippen LogP contribution is 2.18. The first-order valence-corrected chi connectivity index (χ1v) is 8.48. The van der Waals surface area contributed by atoms with Crippen LogP contribution in [0.2, 0.25) is 0 Å². The second kappa shape index (κ2) is 9.14. The van der Waals surface area contributed by atoms with Gasteiger partial charge < -0.3 is 10.6 Å². The zero-order chi connectivity index (χ0) is 15.6. The monoisotopic (exact) mass is 296 g/mol. The van der Waals surface area contributed by atoms with Gasteiger partial charge in [-0.15, -0.1) is 0 Å². The first-order chi connectivity index (χ1) is 10.8. The maximum atomic E-state index is 3.56. The van der Waals surface area contributed by atoms with E-state index in [1.54, 1.807) is 0 Å². The molecule has 0 saturated heterocycles.